The van der Waals surface area contributed by atoms with Crippen LogP contribution < -0.4 is 5.73 Å². The summed E-state index contributed by atoms with van der Waals surface area (Å²) in [5, 5.41) is 2.03. The molecule has 17 heavy (non-hydrogen) atoms. The second-order valence-corrected chi connectivity index (χ2v) is 5.93. The molecule has 0 spiro atoms. The molecule has 2 rings (SSSR count). The molecule has 1 heterocycles. The van der Waals surface area contributed by atoms with Crippen molar-refractivity contribution in [3.8, 4) is 0 Å². The second kappa shape index (κ2) is 5.76. The van der Waals surface area contributed by atoms with Crippen molar-refractivity contribution in [1.82, 2.24) is 0 Å². The Kier molecular flexibility index (Phi) is 4.31. The molecule has 90 valence electrons. The lowest BCUT2D eigenvalue weighted by Crippen LogP contribution is -2.25. The molecule has 0 aliphatic rings. The highest BCUT2D eigenvalue weighted by atomic mass is 79.9. The fourth-order valence-corrected chi connectivity index (χ4v) is 2.95. The van der Waals surface area contributed by atoms with E-state index in [1.54, 1.807) is 23.5 Å². The molecular formula is C13H13BrFNS. The molecule has 1 unspecified atom stereocenters. The monoisotopic (exact) mass is 313 g/mol. The minimum atomic E-state index is -0.185. The topological polar surface area (TPSA) is 26.0 Å². The van der Waals surface area contributed by atoms with Gasteiger partial charge in [-0.2, -0.15) is 0 Å². The van der Waals surface area contributed by atoms with Crippen molar-refractivity contribution in [1.29, 1.82) is 0 Å². The largest absolute Gasteiger partial charge is 0.327 e. The number of thiophene rings is 1. The Hall–Kier alpha value is -0.710. The number of hydrogen-bond acceptors (Lipinski definition) is 2. The SMILES string of the molecule is NC(Cc1cccs1)Cc1cc(Br)ccc1F. The van der Waals surface area contributed by atoms with E-state index in [0.717, 1.165) is 10.9 Å². The van der Waals surface area contributed by atoms with Crippen molar-refractivity contribution in [3.05, 3.63) is 56.4 Å². The van der Waals surface area contributed by atoms with Gasteiger partial charge in [0.25, 0.3) is 0 Å². The van der Waals surface area contributed by atoms with Crippen LogP contribution in [0.25, 0.3) is 0 Å². The van der Waals surface area contributed by atoms with Crippen LogP contribution in [0.3, 0.4) is 0 Å². The molecular weight excluding hydrogens is 301 g/mol. The highest BCUT2D eigenvalue weighted by Gasteiger charge is 2.10. The predicted octanol–water partition coefficient (Wildman–Crippen LogP) is 3.76. The standard InChI is InChI=1S/C13H13BrFNS/c14-10-3-4-13(15)9(6-10)7-11(16)8-12-2-1-5-17-12/h1-6,11H,7-8,16H2. The smallest absolute Gasteiger partial charge is 0.126 e. The molecule has 0 aliphatic carbocycles. The molecule has 0 saturated carbocycles. The first kappa shape index (κ1) is 12.7. The van der Waals surface area contributed by atoms with E-state index in [4.69, 9.17) is 5.73 Å². The average molecular weight is 314 g/mol. The molecule has 0 fully saturated rings. The summed E-state index contributed by atoms with van der Waals surface area (Å²) in [5.41, 5.74) is 6.71. The Morgan fingerprint density at radius 1 is 1.29 bits per heavy atom. The Balaban J connectivity index is 2.02. The van der Waals surface area contributed by atoms with Gasteiger partial charge >= 0.3 is 0 Å². The molecule has 0 radical (unpaired) electrons. The first-order valence-electron chi connectivity index (χ1n) is 5.37. The summed E-state index contributed by atoms with van der Waals surface area (Å²) in [6.07, 6.45) is 1.35. The number of hydrogen-bond donors (Lipinski definition) is 1. The zero-order valence-electron chi connectivity index (χ0n) is 9.20. The van der Waals surface area contributed by atoms with Crippen LogP contribution in [-0.2, 0) is 12.8 Å². The van der Waals surface area contributed by atoms with Crippen molar-refractivity contribution in [2.45, 2.75) is 18.9 Å². The molecule has 0 saturated heterocycles. The lowest BCUT2D eigenvalue weighted by Gasteiger charge is -2.11. The molecule has 4 heteroatoms. The maximum Gasteiger partial charge on any atom is 0.126 e. The zero-order chi connectivity index (χ0) is 12.3. The van der Waals surface area contributed by atoms with Gasteiger partial charge in [-0.1, -0.05) is 22.0 Å². The number of benzene rings is 1. The van der Waals surface area contributed by atoms with Gasteiger partial charge in [-0.05, 0) is 48.1 Å². The van der Waals surface area contributed by atoms with E-state index in [-0.39, 0.29) is 11.9 Å². The van der Waals surface area contributed by atoms with E-state index in [0.29, 0.717) is 12.0 Å². The third-order valence-electron chi connectivity index (χ3n) is 2.53. The first-order chi connectivity index (χ1) is 8.15. The third-order valence-corrected chi connectivity index (χ3v) is 3.93. The van der Waals surface area contributed by atoms with Crippen LogP contribution in [0.5, 0.6) is 0 Å². The molecule has 1 aromatic heterocycles. The van der Waals surface area contributed by atoms with E-state index >= 15 is 0 Å². The summed E-state index contributed by atoms with van der Waals surface area (Å²) < 4.78 is 14.4. The van der Waals surface area contributed by atoms with Gasteiger partial charge in [0.15, 0.2) is 0 Å². The van der Waals surface area contributed by atoms with E-state index in [9.17, 15) is 4.39 Å². The zero-order valence-corrected chi connectivity index (χ0v) is 11.6. The van der Waals surface area contributed by atoms with Crippen molar-refractivity contribution in [3.63, 3.8) is 0 Å². The quantitative estimate of drug-likeness (QED) is 0.913. The van der Waals surface area contributed by atoms with Crippen LogP contribution in [0.4, 0.5) is 4.39 Å². The highest BCUT2D eigenvalue weighted by molar-refractivity contribution is 9.10. The fourth-order valence-electron chi connectivity index (χ4n) is 1.74. The number of rotatable bonds is 4. The molecule has 1 aromatic carbocycles. The van der Waals surface area contributed by atoms with Gasteiger partial charge < -0.3 is 5.73 Å². The van der Waals surface area contributed by atoms with Gasteiger partial charge in [0.1, 0.15) is 5.82 Å². The lowest BCUT2D eigenvalue weighted by molar-refractivity contribution is 0.585. The number of halogens is 2. The molecule has 1 nitrogen and oxygen atoms in total. The van der Waals surface area contributed by atoms with Gasteiger partial charge in [-0.3, -0.25) is 0 Å². The van der Waals surface area contributed by atoms with Crippen LogP contribution in [-0.4, -0.2) is 6.04 Å². The second-order valence-electron chi connectivity index (χ2n) is 3.98. The minimum Gasteiger partial charge on any atom is -0.327 e. The average Bonchev–Trinajstić information content (AvgIpc) is 2.76. The van der Waals surface area contributed by atoms with Gasteiger partial charge in [0.05, 0.1) is 0 Å². The Bertz CT molecular complexity index is 484. The van der Waals surface area contributed by atoms with Crippen LogP contribution in [0, 0.1) is 5.82 Å². The van der Waals surface area contributed by atoms with Crippen LogP contribution >= 0.6 is 27.3 Å². The molecule has 0 aliphatic heterocycles. The van der Waals surface area contributed by atoms with E-state index in [1.807, 2.05) is 11.4 Å². The van der Waals surface area contributed by atoms with Crippen molar-refractivity contribution < 1.29 is 4.39 Å². The minimum absolute atomic E-state index is 0.0440. The van der Waals surface area contributed by atoms with E-state index < -0.39 is 0 Å². The summed E-state index contributed by atoms with van der Waals surface area (Å²) in [6.45, 7) is 0. The van der Waals surface area contributed by atoms with Crippen LogP contribution in [0.15, 0.2) is 40.2 Å². The van der Waals surface area contributed by atoms with Gasteiger partial charge in [-0.25, -0.2) is 4.39 Å². The summed E-state index contributed by atoms with van der Waals surface area (Å²) in [6, 6.07) is 8.98. The Morgan fingerprint density at radius 3 is 2.82 bits per heavy atom. The summed E-state index contributed by atoms with van der Waals surface area (Å²) in [7, 11) is 0. The summed E-state index contributed by atoms with van der Waals surface area (Å²) in [4.78, 5) is 1.24. The molecule has 0 bridgehead atoms. The van der Waals surface area contributed by atoms with E-state index in [2.05, 4.69) is 22.0 Å². The molecule has 2 N–H and O–H groups in total. The highest BCUT2D eigenvalue weighted by Crippen LogP contribution is 2.18. The van der Waals surface area contributed by atoms with Gasteiger partial charge in [0, 0.05) is 15.4 Å². The fraction of sp³-hybridized carbons (Fsp3) is 0.231. The molecule has 2 aromatic rings. The van der Waals surface area contributed by atoms with Crippen LogP contribution in [0.1, 0.15) is 10.4 Å². The van der Waals surface area contributed by atoms with E-state index in [1.165, 1.54) is 10.9 Å². The Labute approximate surface area is 113 Å². The lowest BCUT2D eigenvalue weighted by atomic mass is 10.0. The molecule has 1 atom stereocenters. The van der Waals surface area contributed by atoms with Crippen LogP contribution in [0.2, 0.25) is 0 Å². The van der Waals surface area contributed by atoms with Gasteiger partial charge in [-0.15, -0.1) is 11.3 Å². The summed E-state index contributed by atoms with van der Waals surface area (Å²) >= 11 is 5.03. The number of nitrogens with two attached hydrogens (primary N) is 1. The maximum atomic E-state index is 13.5. The van der Waals surface area contributed by atoms with Gasteiger partial charge in [0.2, 0.25) is 0 Å². The first-order valence-corrected chi connectivity index (χ1v) is 7.04. The van der Waals surface area contributed by atoms with Crippen molar-refractivity contribution in [2.24, 2.45) is 5.73 Å². The van der Waals surface area contributed by atoms with Crippen molar-refractivity contribution in [2.75, 3.05) is 0 Å². The Morgan fingerprint density at radius 2 is 2.12 bits per heavy atom. The third kappa shape index (κ3) is 3.63. The van der Waals surface area contributed by atoms with Crippen molar-refractivity contribution >= 4 is 27.3 Å². The normalized spacial score (nSPS) is 12.6. The molecule has 0 amide bonds. The maximum absolute atomic E-state index is 13.5. The summed E-state index contributed by atoms with van der Waals surface area (Å²) in [5.74, 6) is -0.185. The predicted molar refractivity (Wildman–Crippen MR) is 73.8 cm³/mol.